The van der Waals surface area contributed by atoms with Gasteiger partial charge in [0.05, 0.1) is 0 Å². The molecule has 0 radical (unpaired) electrons. The average Bonchev–Trinajstić information content (AvgIpc) is 2.70. The molecule has 1 heterocycles. The van der Waals surface area contributed by atoms with Crippen molar-refractivity contribution in [1.29, 1.82) is 0 Å². The Bertz CT molecular complexity index is 884. The second-order valence-electron chi connectivity index (χ2n) is 6.69. The lowest BCUT2D eigenvalue weighted by molar-refractivity contribution is -0.111. The Kier molecular flexibility index (Phi) is 6.69. The maximum Gasteiger partial charge on any atom is 0.300 e. The van der Waals surface area contributed by atoms with Crippen LogP contribution in [-0.2, 0) is 11.3 Å². The van der Waals surface area contributed by atoms with Gasteiger partial charge in [0.25, 0.3) is 0 Å². The third kappa shape index (κ3) is 6.03. The van der Waals surface area contributed by atoms with E-state index in [1.807, 2.05) is 36.4 Å². The standard InChI is InChI=1S/C24H24N2O/c1-2-6-20-11-14-23(15-12-20)25-24(27)16-13-21-7-9-22(10-8-21)19-26-17-4-3-5-18-26/h7-12,14-15H,3-5,17-19H2,1H3,(H,25,27). The summed E-state index contributed by atoms with van der Waals surface area (Å²) in [4.78, 5) is 14.5. The fourth-order valence-electron chi connectivity index (χ4n) is 3.14. The highest BCUT2D eigenvalue weighted by Crippen LogP contribution is 2.13. The largest absolute Gasteiger partial charge is 0.315 e. The Labute approximate surface area is 161 Å². The molecular weight excluding hydrogens is 332 g/mol. The maximum atomic E-state index is 12.0. The van der Waals surface area contributed by atoms with Crippen molar-refractivity contribution in [3.63, 3.8) is 0 Å². The van der Waals surface area contributed by atoms with Crippen molar-refractivity contribution in [3.05, 3.63) is 65.2 Å². The van der Waals surface area contributed by atoms with Crippen LogP contribution in [0.2, 0.25) is 0 Å². The molecule has 1 amide bonds. The lowest BCUT2D eigenvalue weighted by Crippen LogP contribution is -2.29. The van der Waals surface area contributed by atoms with Gasteiger partial charge < -0.3 is 5.32 Å². The highest BCUT2D eigenvalue weighted by molar-refractivity contribution is 6.04. The molecule has 0 aliphatic carbocycles. The number of likely N-dealkylation sites (tertiary alicyclic amines) is 1. The molecular formula is C24H24N2O. The molecule has 1 saturated heterocycles. The molecule has 1 aliphatic heterocycles. The van der Waals surface area contributed by atoms with E-state index in [-0.39, 0.29) is 5.91 Å². The summed E-state index contributed by atoms with van der Waals surface area (Å²) in [6.45, 7) is 5.17. The van der Waals surface area contributed by atoms with Crippen molar-refractivity contribution in [1.82, 2.24) is 4.90 Å². The van der Waals surface area contributed by atoms with Crippen molar-refractivity contribution in [3.8, 4) is 23.7 Å². The molecule has 0 saturated carbocycles. The molecule has 3 heteroatoms. The van der Waals surface area contributed by atoms with Gasteiger partial charge in [-0.25, -0.2) is 0 Å². The van der Waals surface area contributed by atoms with Crippen LogP contribution in [-0.4, -0.2) is 23.9 Å². The third-order valence-corrected chi connectivity index (χ3v) is 4.54. The highest BCUT2D eigenvalue weighted by Gasteiger charge is 2.09. The molecule has 1 fully saturated rings. The second-order valence-corrected chi connectivity index (χ2v) is 6.69. The Morgan fingerprint density at radius 3 is 2.22 bits per heavy atom. The molecule has 1 N–H and O–H groups in total. The van der Waals surface area contributed by atoms with Crippen molar-refractivity contribution in [2.45, 2.75) is 32.7 Å². The van der Waals surface area contributed by atoms with Crippen molar-refractivity contribution < 1.29 is 4.79 Å². The number of rotatable bonds is 3. The highest BCUT2D eigenvalue weighted by atomic mass is 16.1. The summed E-state index contributed by atoms with van der Waals surface area (Å²) in [5.74, 6) is 11.1. The first-order chi connectivity index (χ1) is 13.2. The summed E-state index contributed by atoms with van der Waals surface area (Å²) >= 11 is 0. The molecule has 0 aromatic heterocycles. The van der Waals surface area contributed by atoms with E-state index in [0.717, 1.165) is 17.7 Å². The van der Waals surface area contributed by atoms with Crippen LogP contribution in [0.1, 0.15) is 42.9 Å². The number of benzene rings is 2. The van der Waals surface area contributed by atoms with Gasteiger partial charge in [-0.2, -0.15) is 0 Å². The molecule has 136 valence electrons. The smallest absolute Gasteiger partial charge is 0.300 e. The molecule has 2 aromatic rings. The fourth-order valence-corrected chi connectivity index (χ4v) is 3.14. The summed E-state index contributed by atoms with van der Waals surface area (Å²) in [6, 6.07) is 15.6. The molecule has 1 aliphatic rings. The minimum atomic E-state index is -0.318. The number of piperidine rings is 1. The Hall–Kier alpha value is -3.01. The predicted molar refractivity (Wildman–Crippen MR) is 110 cm³/mol. The molecule has 0 atom stereocenters. The van der Waals surface area contributed by atoms with Crippen LogP contribution >= 0.6 is 0 Å². The van der Waals surface area contributed by atoms with E-state index in [2.05, 4.69) is 46.0 Å². The number of amides is 1. The molecule has 27 heavy (non-hydrogen) atoms. The number of carbonyl (C=O) groups excluding carboxylic acids is 1. The number of carbonyl (C=O) groups is 1. The lowest BCUT2D eigenvalue weighted by Gasteiger charge is -2.26. The maximum absolute atomic E-state index is 12.0. The fraction of sp³-hybridized carbons (Fsp3) is 0.292. The zero-order valence-corrected chi connectivity index (χ0v) is 15.7. The molecule has 0 unspecified atom stereocenters. The SMILES string of the molecule is CC#Cc1ccc(NC(=O)C#Cc2ccc(CN3CCCCC3)cc2)cc1. The predicted octanol–water partition coefficient (Wildman–Crippen LogP) is 4.03. The van der Waals surface area contributed by atoms with E-state index in [1.54, 1.807) is 6.92 Å². The molecule has 2 aromatic carbocycles. The van der Waals surface area contributed by atoms with E-state index in [4.69, 9.17) is 0 Å². The number of hydrogen-bond acceptors (Lipinski definition) is 2. The number of nitrogens with zero attached hydrogens (tertiary/aromatic N) is 1. The van der Waals surface area contributed by atoms with Crippen LogP contribution in [0.25, 0.3) is 0 Å². The summed E-state index contributed by atoms with van der Waals surface area (Å²) in [7, 11) is 0. The third-order valence-electron chi connectivity index (χ3n) is 4.54. The Morgan fingerprint density at radius 1 is 0.926 bits per heavy atom. The summed E-state index contributed by atoms with van der Waals surface area (Å²) in [5.41, 5.74) is 3.78. The zero-order chi connectivity index (χ0) is 18.9. The van der Waals surface area contributed by atoms with E-state index in [0.29, 0.717) is 5.69 Å². The summed E-state index contributed by atoms with van der Waals surface area (Å²) < 4.78 is 0. The monoisotopic (exact) mass is 356 g/mol. The van der Waals surface area contributed by atoms with Gasteiger partial charge in [-0.15, -0.1) is 5.92 Å². The first-order valence-corrected chi connectivity index (χ1v) is 9.40. The van der Waals surface area contributed by atoms with E-state index < -0.39 is 0 Å². The van der Waals surface area contributed by atoms with E-state index >= 15 is 0 Å². The molecule has 3 rings (SSSR count). The van der Waals surface area contributed by atoms with Gasteiger partial charge in [0.1, 0.15) is 0 Å². The number of nitrogens with one attached hydrogen (secondary N) is 1. The van der Waals surface area contributed by atoms with Gasteiger partial charge in [0.2, 0.25) is 0 Å². The van der Waals surface area contributed by atoms with Gasteiger partial charge in [-0.3, -0.25) is 9.69 Å². The van der Waals surface area contributed by atoms with Crippen LogP contribution in [0.4, 0.5) is 5.69 Å². The molecule has 3 nitrogen and oxygen atoms in total. The van der Waals surface area contributed by atoms with Crippen molar-refractivity contribution in [2.75, 3.05) is 18.4 Å². The summed E-state index contributed by atoms with van der Waals surface area (Å²) in [6.07, 6.45) is 3.95. The van der Waals surface area contributed by atoms with Gasteiger partial charge in [-0.1, -0.05) is 30.4 Å². The first kappa shape index (κ1) is 18.8. The van der Waals surface area contributed by atoms with Gasteiger partial charge in [-0.05, 0) is 74.8 Å². The average molecular weight is 356 g/mol. The summed E-state index contributed by atoms with van der Waals surface area (Å²) in [5, 5.41) is 2.78. The van der Waals surface area contributed by atoms with E-state index in [9.17, 15) is 4.79 Å². The molecule has 0 spiro atoms. The quantitative estimate of drug-likeness (QED) is 0.842. The van der Waals surface area contributed by atoms with Crippen LogP contribution in [0, 0.1) is 23.7 Å². The number of anilines is 1. The molecule has 0 bridgehead atoms. The van der Waals surface area contributed by atoms with Crippen molar-refractivity contribution >= 4 is 11.6 Å². The van der Waals surface area contributed by atoms with Crippen LogP contribution in [0.5, 0.6) is 0 Å². The Balaban J connectivity index is 1.54. The minimum absolute atomic E-state index is 0.318. The van der Waals surface area contributed by atoms with Gasteiger partial charge in [0.15, 0.2) is 0 Å². The van der Waals surface area contributed by atoms with Gasteiger partial charge in [0, 0.05) is 29.3 Å². The number of hydrogen-bond donors (Lipinski definition) is 1. The van der Waals surface area contributed by atoms with Crippen LogP contribution in [0.15, 0.2) is 48.5 Å². The second kappa shape index (κ2) is 9.62. The van der Waals surface area contributed by atoms with Gasteiger partial charge >= 0.3 is 5.91 Å². The van der Waals surface area contributed by atoms with Crippen molar-refractivity contribution in [2.24, 2.45) is 0 Å². The van der Waals surface area contributed by atoms with Crippen LogP contribution < -0.4 is 5.32 Å². The Morgan fingerprint density at radius 2 is 1.56 bits per heavy atom. The first-order valence-electron chi connectivity index (χ1n) is 9.40. The lowest BCUT2D eigenvalue weighted by atomic mass is 10.1. The normalized spacial score (nSPS) is 13.7. The van der Waals surface area contributed by atoms with Crippen LogP contribution in [0.3, 0.4) is 0 Å². The zero-order valence-electron chi connectivity index (χ0n) is 15.7. The topological polar surface area (TPSA) is 32.3 Å². The minimum Gasteiger partial charge on any atom is -0.315 e. The van der Waals surface area contributed by atoms with E-state index in [1.165, 1.54) is 37.9 Å².